The maximum absolute atomic E-state index is 12.0. The summed E-state index contributed by atoms with van der Waals surface area (Å²) in [4.78, 5) is 23.9. The molecule has 0 radical (unpaired) electrons. The van der Waals surface area contributed by atoms with Gasteiger partial charge >= 0.3 is 6.09 Å². The molecule has 1 aromatic carbocycles. The second-order valence-corrected chi connectivity index (χ2v) is 9.35. The summed E-state index contributed by atoms with van der Waals surface area (Å²) in [6, 6.07) is 9.59. The number of alkyl carbamates (subject to hydrolysis) is 1. The first kappa shape index (κ1) is 36.9. The number of hydrogen-bond acceptors (Lipinski definition) is 10. The van der Waals surface area contributed by atoms with Gasteiger partial charge in [0, 0.05) is 19.6 Å². The summed E-state index contributed by atoms with van der Waals surface area (Å²) in [5.41, 5.74) is 0.953. The maximum Gasteiger partial charge on any atom is 0.407 e. The van der Waals surface area contributed by atoms with Crippen molar-refractivity contribution in [3.63, 3.8) is 0 Å². The molecule has 0 heterocycles. The van der Waals surface area contributed by atoms with Crippen LogP contribution in [0.3, 0.4) is 0 Å². The summed E-state index contributed by atoms with van der Waals surface area (Å²) in [6.45, 7) is 8.30. The Kier molecular flexibility index (Phi) is 25.2. The third-order valence-electron chi connectivity index (χ3n) is 5.72. The van der Waals surface area contributed by atoms with Crippen molar-refractivity contribution in [2.45, 2.75) is 51.7 Å². The Labute approximate surface area is 245 Å². The lowest BCUT2D eigenvalue weighted by Crippen LogP contribution is -2.32. The average molecular weight is 586 g/mol. The Balaban J connectivity index is 1.78. The summed E-state index contributed by atoms with van der Waals surface area (Å²) in [6.07, 6.45) is 3.57. The SMILES string of the molecule is COCCOCCOCCOCCOCCOCCOCC(=O)CCCCC[C@@H](C)NC(=O)OCc1ccccc1. The molecule has 0 fully saturated rings. The predicted molar refractivity (Wildman–Crippen MR) is 154 cm³/mol. The molecule has 0 aliphatic heterocycles. The Morgan fingerprint density at radius 2 is 1.20 bits per heavy atom. The van der Waals surface area contributed by atoms with Crippen LogP contribution < -0.4 is 5.32 Å². The van der Waals surface area contributed by atoms with E-state index in [9.17, 15) is 9.59 Å². The molecule has 0 saturated carbocycles. The van der Waals surface area contributed by atoms with Gasteiger partial charge in [-0.1, -0.05) is 43.2 Å². The fraction of sp³-hybridized carbons (Fsp3) is 0.733. The molecule has 1 atom stereocenters. The van der Waals surface area contributed by atoms with Gasteiger partial charge in [-0.05, 0) is 25.3 Å². The lowest BCUT2D eigenvalue weighted by atomic mass is 10.1. The van der Waals surface area contributed by atoms with Crippen molar-refractivity contribution in [1.29, 1.82) is 0 Å². The van der Waals surface area contributed by atoms with Crippen LogP contribution in [0.15, 0.2) is 30.3 Å². The van der Waals surface area contributed by atoms with E-state index < -0.39 is 6.09 Å². The first-order valence-corrected chi connectivity index (χ1v) is 14.6. The number of unbranched alkanes of at least 4 members (excludes halogenated alkanes) is 2. The molecule has 0 aliphatic carbocycles. The van der Waals surface area contributed by atoms with E-state index in [-0.39, 0.29) is 25.0 Å². The number of amides is 1. The van der Waals surface area contributed by atoms with Crippen LogP contribution in [0.4, 0.5) is 4.79 Å². The molecule has 236 valence electrons. The van der Waals surface area contributed by atoms with Crippen molar-refractivity contribution in [3.8, 4) is 0 Å². The summed E-state index contributed by atoms with van der Waals surface area (Å²) >= 11 is 0. The Hall–Kier alpha value is -2.12. The number of hydrogen-bond donors (Lipinski definition) is 1. The number of nitrogens with one attached hydrogen (secondary N) is 1. The van der Waals surface area contributed by atoms with Crippen molar-refractivity contribution in [1.82, 2.24) is 5.32 Å². The molecule has 1 amide bonds. The van der Waals surface area contributed by atoms with Crippen LogP contribution in [0.2, 0.25) is 0 Å². The van der Waals surface area contributed by atoms with Gasteiger partial charge in [0.15, 0.2) is 5.78 Å². The van der Waals surface area contributed by atoms with Crippen molar-refractivity contribution < 1.29 is 47.5 Å². The summed E-state index contributed by atoms with van der Waals surface area (Å²) in [7, 11) is 1.64. The van der Waals surface area contributed by atoms with Crippen LogP contribution in [-0.4, -0.2) is 111 Å². The zero-order valence-corrected chi connectivity index (χ0v) is 25.0. The van der Waals surface area contributed by atoms with Crippen LogP contribution >= 0.6 is 0 Å². The molecule has 11 heteroatoms. The van der Waals surface area contributed by atoms with Gasteiger partial charge in [-0.3, -0.25) is 4.79 Å². The molecule has 0 spiro atoms. The van der Waals surface area contributed by atoms with Gasteiger partial charge in [0.1, 0.15) is 13.2 Å². The number of ketones is 1. The predicted octanol–water partition coefficient (Wildman–Crippen LogP) is 3.57. The van der Waals surface area contributed by atoms with E-state index in [0.29, 0.717) is 85.7 Å². The minimum absolute atomic E-state index is 0.0176. The van der Waals surface area contributed by atoms with Gasteiger partial charge in [0.2, 0.25) is 0 Å². The van der Waals surface area contributed by atoms with Gasteiger partial charge in [0.05, 0.1) is 79.3 Å². The second-order valence-electron chi connectivity index (χ2n) is 9.35. The van der Waals surface area contributed by atoms with E-state index in [2.05, 4.69) is 5.32 Å². The number of rotatable bonds is 29. The molecule has 0 saturated heterocycles. The highest BCUT2D eigenvalue weighted by atomic mass is 16.6. The molecular formula is C30H51NO10. The highest BCUT2D eigenvalue weighted by Crippen LogP contribution is 2.07. The smallest absolute Gasteiger partial charge is 0.407 e. The second kappa shape index (κ2) is 28.0. The minimum atomic E-state index is -0.412. The normalized spacial score (nSPS) is 11.9. The fourth-order valence-corrected chi connectivity index (χ4v) is 3.49. The van der Waals surface area contributed by atoms with E-state index in [4.69, 9.17) is 37.9 Å². The molecule has 0 unspecified atom stereocenters. The number of Topliss-reactive ketones (excluding diaryl/α,β-unsaturated/α-hetero) is 1. The minimum Gasteiger partial charge on any atom is -0.445 e. The molecule has 41 heavy (non-hydrogen) atoms. The van der Waals surface area contributed by atoms with Crippen LogP contribution in [0, 0.1) is 0 Å². The van der Waals surface area contributed by atoms with Crippen LogP contribution in [-0.2, 0) is 49.3 Å². The van der Waals surface area contributed by atoms with Gasteiger partial charge in [-0.2, -0.15) is 0 Å². The first-order valence-electron chi connectivity index (χ1n) is 14.6. The van der Waals surface area contributed by atoms with Crippen molar-refractivity contribution >= 4 is 11.9 Å². The monoisotopic (exact) mass is 585 g/mol. The number of carbonyl (C=O) groups is 2. The Bertz CT molecular complexity index is 737. The molecule has 1 rings (SSSR count). The third-order valence-corrected chi connectivity index (χ3v) is 5.72. The Morgan fingerprint density at radius 3 is 1.73 bits per heavy atom. The molecule has 0 aromatic heterocycles. The van der Waals surface area contributed by atoms with Gasteiger partial charge in [0.25, 0.3) is 0 Å². The number of ether oxygens (including phenoxy) is 8. The largest absolute Gasteiger partial charge is 0.445 e. The maximum atomic E-state index is 12.0. The molecule has 1 aromatic rings. The molecule has 0 bridgehead atoms. The van der Waals surface area contributed by atoms with Crippen LogP contribution in [0.5, 0.6) is 0 Å². The van der Waals surface area contributed by atoms with Crippen molar-refractivity contribution in [2.24, 2.45) is 0 Å². The first-order chi connectivity index (χ1) is 20.1. The lowest BCUT2D eigenvalue weighted by molar-refractivity contribution is -0.124. The molecule has 1 N–H and O–H groups in total. The average Bonchev–Trinajstić information content (AvgIpc) is 2.97. The highest BCUT2D eigenvalue weighted by molar-refractivity contribution is 5.79. The van der Waals surface area contributed by atoms with E-state index in [0.717, 1.165) is 31.2 Å². The third kappa shape index (κ3) is 25.3. The summed E-state index contributed by atoms with van der Waals surface area (Å²) in [5.74, 6) is 0.0878. The zero-order valence-electron chi connectivity index (χ0n) is 25.0. The quantitative estimate of drug-likeness (QED) is 0.140. The lowest BCUT2D eigenvalue weighted by Gasteiger charge is -2.14. The molecular weight excluding hydrogens is 534 g/mol. The summed E-state index contributed by atoms with van der Waals surface area (Å²) in [5, 5.41) is 2.84. The zero-order chi connectivity index (χ0) is 29.6. The van der Waals surface area contributed by atoms with Gasteiger partial charge in [-0.25, -0.2) is 4.79 Å². The van der Waals surface area contributed by atoms with Crippen LogP contribution in [0.1, 0.15) is 44.6 Å². The topological polar surface area (TPSA) is 120 Å². The number of carbonyl (C=O) groups excluding carboxylic acids is 2. The van der Waals surface area contributed by atoms with Crippen molar-refractivity contribution in [3.05, 3.63) is 35.9 Å². The Morgan fingerprint density at radius 1 is 0.683 bits per heavy atom. The number of methoxy groups -OCH3 is 1. The van der Waals surface area contributed by atoms with E-state index >= 15 is 0 Å². The number of benzene rings is 1. The van der Waals surface area contributed by atoms with Crippen LogP contribution in [0.25, 0.3) is 0 Å². The van der Waals surface area contributed by atoms with Crippen molar-refractivity contribution in [2.75, 3.05) is 93.0 Å². The van der Waals surface area contributed by atoms with E-state index in [1.807, 2.05) is 37.3 Å². The van der Waals surface area contributed by atoms with E-state index in [1.54, 1.807) is 7.11 Å². The molecule has 0 aliphatic rings. The molecule has 11 nitrogen and oxygen atoms in total. The van der Waals surface area contributed by atoms with Gasteiger partial charge < -0.3 is 43.2 Å². The summed E-state index contributed by atoms with van der Waals surface area (Å²) < 4.78 is 42.5. The highest BCUT2D eigenvalue weighted by Gasteiger charge is 2.09. The standard InChI is InChI=1S/C30H51NO10/c1-27(31-30(33)41-25-28-10-6-4-7-11-28)9-5-3-8-12-29(32)26-40-24-23-39-22-21-38-20-19-37-18-17-36-16-15-35-14-13-34-2/h4,6-7,10-11,27H,3,5,8-9,12-26H2,1-2H3,(H,31,33)/t27-/m1/s1. The van der Waals surface area contributed by atoms with E-state index in [1.165, 1.54) is 0 Å². The van der Waals surface area contributed by atoms with Gasteiger partial charge in [-0.15, -0.1) is 0 Å². The fourth-order valence-electron chi connectivity index (χ4n) is 3.49.